The normalized spacial score (nSPS) is 25.1. The third-order valence-electron chi connectivity index (χ3n) is 6.26. The zero-order valence-corrected chi connectivity index (χ0v) is 19.8. The number of pyridine rings is 1. The van der Waals surface area contributed by atoms with Crippen LogP contribution < -0.4 is 21.3 Å². The number of amides is 1. The number of aliphatic imine (C=N–C) groups is 3. The summed E-state index contributed by atoms with van der Waals surface area (Å²) in [5.74, 6) is 0.496. The van der Waals surface area contributed by atoms with Crippen LogP contribution in [0.5, 0.6) is 5.88 Å². The largest absolute Gasteiger partial charge is 0.481 e. The number of hydrogen-bond acceptors (Lipinski definition) is 10. The van der Waals surface area contributed by atoms with Crippen LogP contribution in [0.15, 0.2) is 51.4 Å². The van der Waals surface area contributed by atoms with E-state index >= 15 is 0 Å². The molecule has 0 spiro atoms. The van der Waals surface area contributed by atoms with E-state index in [1.165, 1.54) is 19.2 Å². The molecule has 1 aromatic heterocycles. The summed E-state index contributed by atoms with van der Waals surface area (Å²) in [7, 11) is 1.53. The van der Waals surface area contributed by atoms with Crippen molar-refractivity contribution in [3.63, 3.8) is 0 Å². The van der Waals surface area contributed by atoms with Gasteiger partial charge < -0.3 is 20.5 Å². The number of amidine groups is 1. The smallest absolute Gasteiger partial charge is 0.407 e. The highest BCUT2D eigenvalue weighted by molar-refractivity contribution is 6.11. The molecule has 3 aliphatic heterocycles. The van der Waals surface area contributed by atoms with Gasteiger partial charge in [-0.25, -0.2) is 24.2 Å². The molecule has 0 saturated carbocycles. The molecule has 11 nitrogen and oxygen atoms in total. The number of nitrogens with two attached hydrogens (primary N) is 1. The van der Waals surface area contributed by atoms with Crippen molar-refractivity contribution in [2.24, 2.45) is 26.6 Å². The molecule has 2 aromatic rings. The van der Waals surface area contributed by atoms with Crippen molar-refractivity contribution >= 4 is 23.6 Å². The summed E-state index contributed by atoms with van der Waals surface area (Å²) in [6.45, 7) is 2.25. The number of hydroxylamine groups is 1. The number of ether oxygens (including phenoxy) is 2. The molecule has 188 valence electrons. The molecule has 1 aromatic carbocycles. The van der Waals surface area contributed by atoms with Gasteiger partial charge in [0, 0.05) is 17.3 Å². The highest BCUT2D eigenvalue weighted by Crippen LogP contribution is 2.39. The lowest BCUT2D eigenvalue weighted by Crippen LogP contribution is -2.48. The molecule has 36 heavy (non-hydrogen) atoms. The Kier molecular flexibility index (Phi) is 6.51. The van der Waals surface area contributed by atoms with Gasteiger partial charge in [-0.15, -0.1) is 0 Å². The average molecular weight is 496 g/mol. The summed E-state index contributed by atoms with van der Waals surface area (Å²) in [4.78, 5) is 35.3. The topological polar surface area (TPSA) is 145 Å². The highest BCUT2D eigenvalue weighted by atomic mass is 19.1. The quantitative estimate of drug-likeness (QED) is 0.521. The molecule has 2 unspecified atom stereocenters. The Balaban J connectivity index is 1.48. The van der Waals surface area contributed by atoms with Crippen molar-refractivity contribution in [1.29, 1.82) is 0 Å². The van der Waals surface area contributed by atoms with Crippen LogP contribution in [0.3, 0.4) is 0 Å². The number of halogens is 1. The van der Waals surface area contributed by atoms with E-state index < -0.39 is 12.1 Å². The van der Waals surface area contributed by atoms with Crippen molar-refractivity contribution < 1.29 is 23.5 Å². The third-order valence-corrected chi connectivity index (χ3v) is 6.26. The van der Waals surface area contributed by atoms with E-state index in [0.29, 0.717) is 29.4 Å². The van der Waals surface area contributed by atoms with Crippen LogP contribution in [0, 0.1) is 11.7 Å². The van der Waals surface area contributed by atoms with E-state index in [1.54, 1.807) is 24.3 Å². The van der Waals surface area contributed by atoms with E-state index in [4.69, 9.17) is 25.0 Å². The summed E-state index contributed by atoms with van der Waals surface area (Å²) >= 11 is 0. The van der Waals surface area contributed by atoms with Gasteiger partial charge >= 0.3 is 6.09 Å². The minimum atomic E-state index is -0.478. The minimum Gasteiger partial charge on any atom is -0.481 e. The molecule has 5 rings (SSSR count). The molecule has 4 atom stereocenters. The number of hydrogen-bond donors (Lipinski definition) is 3. The molecular weight excluding hydrogens is 469 g/mol. The van der Waals surface area contributed by atoms with Crippen LogP contribution in [-0.4, -0.2) is 61.0 Å². The predicted octanol–water partition coefficient (Wildman–Crippen LogP) is 2.14. The molecule has 0 aliphatic carbocycles. The number of guanidine groups is 1. The highest BCUT2D eigenvalue weighted by Gasteiger charge is 2.39. The van der Waals surface area contributed by atoms with E-state index in [2.05, 4.69) is 25.8 Å². The van der Waals surface area contributed by atoms with E-state index in [-0.39, 0.29) is 43.0 Å². The lowest BCUT2D eigenvalue weighted by atomic mass is 9.82. The number of nitrogens with one attached hydrogen (secondary N) is 2. The molecular formula is C24H26FN7O4. The third kappa shape index (κ3) is 4.85. The van der Waals surface area contributed by atoms with Crippen LogP contribution in [0.4, 0.5) is 9.18 Å². The average Bonchev–Trinajstić information content (AvgIpc) is 3.28. The SMILES string of the molecule is COc1cccc(-c2cc(F)ccc2C2C[C@H]3N=C(N)N=C(C)C3C(NOC[C@H]3COC(=O)N3)=N2)n1. The van der Waals surface area contributed by atoms with Crippen LogP contribution in [-0.2, 0) is 9.57 Å². The van der Waals surface area contributed by atoms with Crippen molar-refractivity contribution in [3.05, 3.63) is 47.8 Å². The number of rotatable bonds is 6. The fourth-order valence-corrected chi connectivity index (χ4v) is 4.64. The second-order valence-corrected chi connectivity index (χ2v) is 8.70. The van der Waals surface area contributed by atoms with Gasteiger partial charge in [0.1, 0.15) is 18.3 Å². The monoisotopic (exact) mass is 495 g/mol. The first-order chi connectivity index (χ1) is 17.4. The molecule has 4 heterocycles. The first-order valence-electron chi connectivity index (χ1n) is 11.5. The first kappa shape index (κ1) is 23.7. The fourth-order valence-electron chi connectivity index (χ4n) is 4.64. The fraction of sp³-hybridized carbons (Fsp3) is 0.375. The van der Waals surface area contributed by atoms with Gasteiger partial charge in [0.15, 0.2) is 0 Å². The van der Waals surface area contributed by atoms with Gasteiger partial charge in [-0.2, -0.15) is 0 Å². The van der Waals surface area contributed by atoms with Gasteiger partial charge in [0.25, 0.3) is 0 Å². The van der Waals surface area contributed by atoms with E-state index in [1.807, 2.05) is 6.92 Å². The van der Waals surface area contributed by atoms with E-state index in [9.17, 15) is 9.18 Å². The molecule has 12 heteroatoms. The molecule has 1 fully saturated rings. The number of carbonyl (C=O) groups excluding carboxylic acids is 1. The zero-order chi connectivity index (χ0) is 25.2. The van der Waals surface area contributed by atoms with Crippen molar-refractivity contribution in [1.82, 2.24) is 15.8 Å². The van der Waals surface area contributed by atoms with Crippen LogP contribution in [0.25, 0.3) is 11.3 Å². The number of cyclic esters (lactones) is 1. The summed E-state index contributed by atoms with van der Waals surface area (Å²) in [6.07, 6.45) is 0.0484. The number of carbonyl (C=O) groups is 1. The van der Waals surface area contributed by atoms with Crippen LogP contribution in [0.1, 0.15) is 24.9 Å². The Morgan fingerprint density at radius 2 is 2.14 bits per heavy atom. The lowest BCUT2D eigenvalue weighted by molar-refractivity contribution is 0.0632. The Morgan fingerprint density at radius 3 is 2.92 bits per heavy atom. The zero-order valence-electron chi connectivity index (χ0n) is 19.8. The van der Waals surface area contributed by atoms with Gasteiger partial charge in [-0.1, -0.05) is 12.1 Å². The summed E-state index contributed by atoms with van der Waals surface area (Å²) in [5.41, 5.74) is 11.6. The maximum atomic E-state index is 14.4. The van der Waals surface area contributed by atoms with Crippen molar-refractivity contribution in [2.75, 3.05) is 20.3 Å². The maximum Gasteiger partial charge on any atom is 0.407 e. The predicted molar refractivity (Wildman–Crippen MR) is 130 cm³/mol. The summed E-state index contributed by atoms with van der Waals surface area (Å²) < 4.78 is 24.5. The molecule has 3 aliphatic rings. The van der Waals surface area contributed by atoms with Crippen molar-refractivity contribution in [2.45, 2.75) is 31.5 Å². The second kappa shape index (κ2) is 9.90. The Hall–Kier alpha value is -4.06. The number of fused-ring (bicyclic) bond motifs is 1. The molecule has 1 saturated heterocycles. The Morgan fingerprint density at radius 1 is 1.28 bits per heavy atom. The number of benzene rings is 1. The number of aromatic nitrogens is 1. The van der Waals surface area contributed by atoms with Crippen LogP contribution in [0.2, 0.25) is 0 Å². The van der Waals surface area contributed by atoms with Gasteiger partial charge in [-0.05, 0) is 37.1 Å². The Bertz CT molecular complexity index is 1260. The first-order valence-corrected chi connectivity index (χ1v) is 11.5. The molecule has 0 bridgehead atoms. The summed E-state index contributed by atoms with van der Waals surface area (Å²) in [5, 5.41) is 2.66. The summed E-state index contributed by atoms with van der Waals surface area (Å²) in [6, 6.07) is 8.96. The maximum absolute atomic E-state index is 14.4. The van der Waals surface area contributed by atoms with Crippen molar-refractivity contribution in [3.8, 4) is 17.1 Å². The molecule has 4 N–H and O–H groups in total. The number of alkyl carbamates (subject to hydrolysis) is 1. The molecule has 0 radical (unpaired) electrons. The van der Waals surface area contributed by atoms with E-state index in [0.717, 1.165) is 11.3 Å². The molecule has 1 amide bonds. The minimum absolute atomic E-state index is 0.171. The van der Waals surface area contributed by atoms with Gasteiger partial charge in [-0.3, -0.25) is 15.3 Å². The Labute approximate surface area is 206 Å². The number of nitrogens with zero attached hydrogens (tertiary/aromatic N) is 4. The van der Waals surface area contributed by atoms with Gasteiger partial charge in [0.2, 0.25) is 11.8 Å². The van der Waals surface area contributed by atoms with Crippen LogP contribution >= 0.6 is 0 Å². The van der Waals surface area contributed by atoms with Gasteiger partial charge in [0.05, 0.1) is 43.5 Å². The second-order valence-electron chi connectivity index (χ2n) is 8.70. The lowest BCUT2D eigenvalue weighted by Gasteiger charge is -2.35. The number of methoxy groups -OCH3 is 1. The standard InChI is InChI=1S/C24H26FN7O4/c1-12-21-19(31-23(26)27-12)9-18(30-22(21)32-36-11-14-10-35-24(33)28-14)15-7-6-13(25)8-16(15)17-4-3-5-20(29-17)34-2/h3-8,14,18-19,21H,9-11H2,1-2H3,(H2,26,31)(H,28,33)(H,30,32)/t14-,18?,19-,21?/m1/s1.